The highest BCUT2D eigenvalue weighted by Crippen LogP contribution is 2.38. The van der Waals surface area contributed by atoms with E-state index in [2.05, 4.69) is 4.90 Å². The standard InChI is InChI=1S/C17H16N2O3S3/c1-18-9-10-24-13(18)8-7-12-15(20)19(17(23)25-12)14(16(21)22)11-5-3-2-4-6-11/h2-8,14H,9-10H2,1H3,(H,21,22). The van der Waals surface area contributed by atoms with E-state index in [1.165, 1.54) is 4.90 Å². The fourth-order valence-electron chi connectivity index (χ4n) is 2.58. The molecule has 1 unspecified atom stereocenters. The Bertz CT molecular complexity index is 777. The lowest BCUT2D eigenvalue weighted by atomic mass is 10.1. The van der Waals surface area contributed by atoms with Gasteiger partial charge in [0.25, 0.3) is 5.91 Å². The zero-order valence-corrected chi connectivity index (χ0v) is 15.9. The smallest absolute Gasteiger partial charge is 0.331 e. The molecule has 1 N–H and O–H groups in total. The highest BCUT2D eigenvalue weighted by Gasteiger charge is 2.41. The molecule has 25 heavy (non-hydrogen) atoms. The quantitative estimate of drug-likeness (QED) is 0.624. The summed E-state index contributed by atoms with van der Waals surface area (Å²) < 4.78 is 0.262. The first-order valence-electron chi connectivity index (χ1n) is 7.58. The Morgan fingerprint density at radius 3 is 2.64 bits per heavy atom. The molecule has 0 aromatic heterocycles. The fraction of sp³-hybridized carbons (Fsp3) is 0.235. The van der Waals surface area contributed by atoms with Gasteiger partial charge in [-0.05, 0) is 17.7 Å². The monoisotopic (exact) mass is 392 g/mol. The summed E-state index contributed by atoms with van der Waals surface area (Å²) in [6.45, 7) is 0.973. The van der Waals surface area contributed by atoms with Gasteiger partial charge in [0.15, 0.2) is 6.04 Å². The molecule has 0 radical (unpaired) electrons. The average molecular weight is 393 g/mol. The number of hydrogen-bond donors (Lipinski definition) is 1. The number of amides is 1. The molecule has 0 aliphatic carbocycles. The van der Waals surface area contributed by atoms with Crippen molar-refractivity contribution in [2.24, 2.45) is 0 Å². The maximum atomic E-state index is 12.8. The number of allylic oxidation sites excluding steroid dienone is 2. The number of thiocarbonyl (C=S) groups is 1. The molecule has 130 valence electrons. The summed E-state index contributed by atoms with van der Waals surface area (Å²) in [5, 5.41) is 10.7. The summed E-state index contributed by atoms with van der Waals surface area (Å²) in [7, 11) is 2.00. The van der Waals surface area contributed by atoms with E-state index in [1.54, 1.807) is 48.2 Å². The van der Waals surface area contributed by atoms with Crippen molar-refractivity contribution < 1.29 is 14.7 Å². The topological polar surface area (TPSA) is 60.9 Å². The number of carboxylic acids is 1. The SMILES string of the molecule is CN1CCSC1=CC=C1SC(=S)N(C(C(=O)O)c2ccccc2)C1=O. The number of rotatable bonds is 4. The lowest BCUT2D eigenvalue weighted by Gasteiger charge is -2.23. The van der Waals surface area contributed by atoms with E-state index in [-0.39, 0.29) is 10.2 Å². The van der Waals surface area contributed by atoms with E-state index in [0.717, 1.165) is 29.1 Å². The molecular weight excluding hydrogens is 376 g/mol. The van der Waals surface area contributed by atoms with Crippen LogP contribution in [0, 0.1) is 0 Å². The first-order chi connectivity index (χ1) is 12.0. The zero-order valence-electron chi connectivity index (χ0n) is 13.4. The summed E-state index contributed by atoms with van der Waals surface area (Å²) in [5.41, 5.74) is 0.525. The Morgan fingerprint density at radius 2 is 2.04 bits per heavy atom. The van der Waals surface area contributed by atoms with Crippen LogP contribution < -0.4 is 0 Å². The molecule has 0 bridgehead atoms. The van der Waals surface area contributed by atoms with Crippen LogP contribution in [0.4, 0.5) is 0 Å². The van der Waals surface area contributed by atoms with Crippen LogP contribution >= 0.6 is 35.7 Å². The van der Waals surface area contributed by atoms with Gasteiger partial charge in [-0.25, -0.2) is 4.79 Å². The number of carbonyl (C=O) groups excluding carboxylic acids is 1. The Kier molecular flexibility index (Phi) is 5.51. The summed E-state index contributed by atoms with van der Waals surface area (Å²) in [6, 6.07) is 7.55. The van der Waals surface area contributed by atoms with Crippen LogP contribution in [-0.4, -0.2) is 50.4 Å². The van der Waals surface area contributed by atoms with E-state index in [4.69, 9.17) is 12.2 Å². The van der Waals surface area contributed by atoms with Crippen molar-refractivity contribution >= 4 is 51.9 Å². The molecule has 8 heteroatoms. The van der Waals surface area contributed by atoms with E-state index in [1.807, 2.05) is 13.1 Å². The summed E-state index contributed by atoms with van der Waals surface area (Å²) >= 11 is 8.16. The van der Waals surface area contributed by atoms with Gasteiger partial charge in [-0.1, -0.05) is 54.3 Å². The number of thioether (sulfide) groups is 2. The fourth-order valence-corrected chi connectivity index (χ4v) is 4.89. The van der Waals surface area contributed by atoms with Crippen LogP contribution in [0.25, 0.3) is 0 Å². The van der Waals surface area contributed by atoms with Gasteiger partial charge in [0.1, 0.15) is 4.32 Å². The molecule has 1 atom stereocenters. The number of nitrogens with zero attached hydrogens (tertiary/aromatic N) is 2. The zero-order chi connectivity index (χ0) is 18.0. The van der Waals surface area contributed by atoms with Gasteiger partial charge >= 0.3 is 5.97 Å². The van der Waals surface area contributed by atoms with Crippen molar-refractivity contribution in [1.29, 1.82) is 0 Å². The van der Waals surface area contributed by atoms with Crippen LogP contribution in [-0.2, 0) is 9.59 Å². The molecular formula is C17H16N2O3S3. The second-order valence-corrected chi connectivity index (χ2v) is 8.29. The molecule has 5 nitrogen and oxygen atoms in total. The highest BCUT2D eigenvalue weighted by molar-refractivity contribution is 8.26. The van der Waals surface area contributed by atoms with Crippen molar-refractivity contribution in [1.82, 2.24) is 9.80 Å². The maximum Gasteiger partial charge on any atom is 0.331 e. The summed E-state index contributed by atoms with van der Waals surface area (Å²) in [4.78, 5) is 28.3. The Hall–Kier alpha value is -1.77. The molecule has 1 amide bonds. The van der Waals surface area contributed by atoms with Gasteiger partial charge in [0.2, 0.25) is 0 Å². The third-order valence-corrected chi connectivity index (χ3v) is 6.34. The number of aliphatic carboxylic acids is 1. The van der Waals surface area contributed by atoms with Gasteiger partial charge in [0.05, 0.1) is 9.93 Å². The van der Waals surface area contributed by atoms with Gasteiger partial charge in [-0.15, -0.1) is 11.8 Å². The van der Waals surface area contributed by atoms with Crippen LogP contribution in [0.3, 0.4) is 0 Å². The molecule has 2 saturated heterocycles. The summed E-state index contributed by atoms with van der Waals surface area (Å²) in [5.74, 6) is -0.450. The predicted octanol–water partition coefficient (Wildman–Crippen LogP) is 3.08. The third kappa shape index (κ3) is 3.75. The molecule has 2 heterocycles. The molecule has 3 rings (SSSR count). The first kappa shape index (κ1) is 18.0. The first-order valence-corrected chi connectivity index (χ1v) is 9.79. The van der Waals surface area contributed by atoms with Crippen LogP contribution in [0.15, 0.2) is 52.4 Å². The second kappa shape index (κ2) is 7.63. The number of benzene rings is 1. The minimum atomic E-state index is -1.12. The molecule has 1 aromatic rings. The minimum Gasteiger partial charge on any atom is -0.479 e. The molecule has 0 spiro atoms. The Balaban J connectivity index is 1.89. The lowest BCUT2D eigenvalue weighted by molar-refractivity contribution is -0.145. The Morgan fingerprint density at radius 1 is 1.32 bits per heavy atom. The minimum absolute atomic E-state index is 0.262. The maximum absolute atomic E-state index is 12.8. The normalized spacial score (nSPS) is 22.3. The largest absolute Gasteiger partial charge is 0.479 e. The molecule has 1 aromatic carbocycles. The second-order valence-electron chi connectivity index (χ2n) is 5.50. The number of carbonyl (C=O) groups is 2. The van der Waals surface area contributed by atoms with Gasteiger partial charge in [-0.3, -0.25) is 9.69 Å². The molecule has 0 saturated carbocycles. The molecule has 2 aliphatic rings. The van der Waals surface area contributed by atoms with Crippen LogP contribution in [0.5, 0.6) is 0 Å². The third-order valence-electron chi connectivity index (χ3n) is 3.86. The van der Waals surface area contributed by atoms with Gasteiger partial charge in [-0.2, -0.15) is 0 Å². The van der Waals surface area contributed by atoms with E-state index in [9.17, 15) is 14.7 Å². The van der Waals surface area contributed by atoms with Crippen molar-refractivity contribution in [3.63, 3.8) is 0 Å². The summed E-state index contributed by atoms with van der Waals surface area (Å²) in [6.07, 6.45) is 3.62. The van der Waals surface area contributed by atoms with Crippen LogP contribution in [0.1, 0.15) is 11.6 Å². The van der Waals surface area contributed by atoms with E-state index < -0.39 is 12.0 Å². The highest BCUT2D eigenvalue weighted by atomic mass is 32.2. The van der Waals surface area contributed by atoms with E-state index >= 15 is 0 Å². The Labute approximate surface area is 159 Å². The average Bonchev–Trinajstić information content (AvgIpc) is 3.11. The van der Waals surface area contributed by atoms with Crippen molar-refractivity contribution in [3.05, 3.63) is 58.0 Å². The van der Waals surface area contributed by atoms with E-state index in [0.29, 0.717) is 10.5 Å². The number of carboxylic acid groups (broad SMARTS) is 1. The van der Waals surface area contributed by atoms with Crippen molar-refractivity contribution in [2.45, 2.75) is 6.04 Å². The van der Waals surface area contributed by atoms with Gasteiger partial charge < -0.3 is 10.0 Å². The molecule has 2 fully saturated rings. The predicted molar refractivity (Wildman–Crippen MR) is 105 cm³/mol. The van der Waals surface area contributed by atoms with Crippen molar-refractivity contribution in [3.8, 4) is 0 Å². The van der Waals surface area contributed by atoms with Crippen LogP contribution in [0.2, 0.25) is 0 Å². The number of hydrogen-bond acceptors (Lipinski definition) is 6. The lowest BCUT2D eigenvalue weighted by Crippen LogP contribution is -2.37. The molecule has 2 aliphatic heterocycles. The van der Waals surface area contributed by atoms with Crippen molar-refractivity contribution in [2.75, 3.05) is 19.3 Å². The van der Waals surface area contributed by atoms with Gasteiger partial charge in [0, 0.05) is 19.3 Å².